The molecule has 1 saturated carbocycles. The maximum Gasteiger partial charge on any atom is 0.237 e. The number of rotatable bonds is 4. The predicted octanol–water partition coefficient (Wildman–Crippen LogP) is 2.60. The van der Waals surface area contributed by atoms with E-state index in [2.05, 4.69) is 20.1 Å². The van der Waals surface area contributed by atoms with Crippen LogP contribution in [0.5, 0.6) is 0 Å². The lowest BCUT2D eigenvalue weighted by Crippen LogP contribution is -2.02. The molecule has 9 nitrogen and oxygen atoms in total. The summed E-state index contributed by atoms with van der Waals surface area (Å²) in [5, 5.41) is 14.7. The van der Waals surface area contributed by atoms with Crippen molar-refractivity contribution in [2.45, 2.75) is 18.4 Å². The molecule has 5 rings (SSSR count). The van der Waals surface area contributed by atoms with Gasteiger partial charge in [0.1, 0.15) is 18.1 Å². The predicted molar refractivity (Wildman–Crippen MR) is 90.3 cm³/mol. The van der Waals surface area contributed by atoms with Crippen LogP contribution in [0.3, 0.4) is 0 Å². The molecule has 3 aromatic heterocycles. The summed E-state index contributed by atoms with van der Waals surface area (Å²) in [6, 6.07) is 10.9. The van der Waals surface area contributed by atoms with Gasteiger partial charge in [-0.2, -0.15) is 4.98 Å². The Kier molecular flexibility index (Phi) is 3.08. The second-order valence-electron chi connectivity index (χ2n) is 6.16. The lowest BCUT2D eigenvalue weighted by atomic mass is 10.2. The van der Waals surface area contributed by atoms with E-state index in [0.29, 0.717) is 23.7 Å². The van der Waals surface area contributed by atoms with E-state index in [-0.39, 0.29) is 10.8 Å². The molecule has 0 N–H and O–H groups in total. The number of hydrogen-bond acceptors (Lipinski definition) is 7. The number of para-hydroxylation sites is 2. The number of imidazole rings is 1. The second-order valence-corrected chi connectivity index (χ2v) is 6.16. The molecule has 1 aromatic carbocycles. The van der Waals surface area contributed by atoms with Gasteiger partial charge in [-0.1, -0.05) is 17.3 Å². The van der Waals surface area contributed by atoms with Crippen LogP contribution in [0.4, 0.5) is 0 Å². The van der Waals surface area contributed by atoms with E-state index >= 15 is 0 Å². The summed E-state index contributed by atoms with van der Waals surface area (Å²) < 4.78 is 7.07. The Hall–Kier alpha value is -3.62. The quantitative estimate of drug-likeness (QED) is 0.411. The summed E-state index contributed by atoms with van der Waals surface area (Å²) in [4.78, 5) is 23.5. The first-order chi connectivity index (χ1) is 12.7. The van der Waals surface area contributed by atoms with Crippen molar-refractivity contribution >= 4 is 11.0 Å². The Morgan fingerprint density at radius 1 is 1.19 bits per heavy atom. The second kappa shape index (κ2) is 5.45. The third-order valence-corrected chi connectivity index (χ3v) is 4.49. The highest BCUT2D eigenvalue weighted by atomic mass is 16.6. The molecular weight excluding hydrogens is 336 g/mol. The lowest BCUT2D eigenvalue weighted by molar-refractivity contribution is -0.496. The third kappa shape index (κ3) is 2.32. The minimum Gasteiger partial charge on any atom is -0.338 e. The van der Waals surface area contributed by atoms with Gasteiger partial charge in [0.15, 0.2) is 0 Å². The summed E-state index contributed by atoms with van der Waals surface area (Å²) in [7, 11) is 0. The molecular formula is C17H12N6O3. The van der Waals surface area contributed by atoms with Gasteiger partial charge in [0.25, 0.3) is 0 Å². The van der Waals surface area contributed by atoms with Crippen molar-refractivity contribution in [3.05, 3.63) is 64.9 Å². The average molecular weight is 348 g/mol. The standard InChI is InChI=1S/C17H12N6O3/c24-23(25)14-7-11(14)17-20-16(21-26-17)10-5-6-15(18-8-10)22-9-19-12-3-1-2-4-13(12)22/h1-6,8-9,11,14H,7H2/t11-,14-/m1/s1. The molecule has 0 amide bonds. The molecule has 0 aliphatic heterocycles. The van der Waals surface area contributed by atoms with Gasteiger partial charge in [0.2, 0.25) is 17.8 Å². The molecule has 2 atom stereocenters. The average Bonchev–Trinajstić information content (AvgIpc) is 3.13. The van der Waals surface area contributed by atoms with Crippen molar-refractivity contribution in [2.24, 2.45) is 0 Å². The highest BCUT2D eigenvalue weighted by molar-refractivity contribution is 5.76. The number of nitrogens with zero attached hydrogens (tertiary/aromatic N) is 6. The molecule has 3 heterocycles. The van der Waals surface area contributed by atoms with Crippen molar-refractivity contribution < 1.29 is 9.45 Å². The number of benzene rings is 1. The van der Waals surface area contributed by atoms with Gasteiger partial charge < -0.3 is 4.52 Å². The van der Waals surface area contributed by atoms with Crippen molar-refractivity contribution in [1.29, 1.82) is 0 Å². The first-order valence-electron chi connectivity index (χ1n) is 8.07. The van der Waals surface area contributed by atoms with Crippen LogP contribution in [0.25, 0.3) is 28.2 Å². The van der Waals surface area contributed by atoms with E-state index in [1.165, 1.54) is 0 Å². The number of aromatic nitrogens is 5. The molecule has 128 valence electrons. The third-order valence-electron chi connectivity index (χ3n) is 4.49. The Morgan fingerprint density at radius 2 is 2.08 bits per heavy atom. The summed E-state index contributed by atoms with van der Waals surface area (Å²) in [5.74, 6) is 1.13. The number of pyridine rings is 1. The topological polar surface area (TPSA) is 113 Å². The Morgan fingerprint density at radius 3 is 2.85 bits per heavy atom. The zero-order valence-corrected chi connectivity index (χ0v) is 13.4. The molecule has 1 fully saturated rings. The van der Waals surface area contributed by atoms with Gasteiger partial charge in [-0.25, -0.2) is 9.97 Å². The van der Waals surface area contributed by atoms with Crippen LogP contribution in [0.1, 0.15) is 18.2 Å². The number of nitro groups is 1. The summed E-state index contributed by atoms with van der Waals surface area (Å²) in [6.45, 7) is 0. The van der Waals surface area contributed by atoms with Gasteiger partial charge in [-0.3, -0.25) is 14.7 Å². The van der Waals surface area contributed by atoms with E-state index in [1.54, 1.807) is 12.5 Å². The SMILES string of the molecule is O=[N+]([O-])[C@@H]1C[C@H]1c1nc(-c2ccc(-n3cnc4ccccc43)nc2)no1. The van der Waals surface area contributed by atoms with Gasteiger partial charge in [-0.15, -0.1) is 0 Å². The Bertz CT molecular complexity index is 1120. The van der Waals surface area contributed by atoms with Gasteiger partial charge in [0, 0.05) is 23.1 Å². The molecule has 0 radical (unpaired) electrons. The fourth-order valence-electron chi connectivity index (χ4n) is 2.99. The molecule has 26 heavy (non-hydrogen) atoms. The fraction of sp³-hybridized carbons (Fsp3) is 0.176. The van der Waals surface area contributed by atoms with Crippen molar-refractivity contribution in [2.75, 3.05) is 0 Å². The van der Waals surface area contributed by atoms with Crippen molar-refractivity contribution in [1.82, 2.24) is 24.7 Å². The van der Waals surface area contributed by atoms with Crippen LogP contribution in [0.2, 0.25) is 0 Å². The summed E-state index contributed by atoms with van der Waals surface area (Å²) in [5.41, 5.74) is 2.55. The highest BCUT2D eigenvalue weighted by Gasteiger charge is 2.53. The van der Waals surface area contributed by atoms with Crippen LogP contribution in [-0.2, 0) is 0 Å². The smallest absolute Gasteiger partial charge is 0.237 e. The van der Waals surface area contributed by atoms with E-state index in [9.17, 15) is 10.1 Å². The maximum absolute atomic E-state index is 10.8. The van der Waals surface area contributed by atoms with E-state index < -0.39 is 6.04 Å². The van der Waals surface area contributed by atoms with Gasteiger partial charge in [0.05, 0.1) is 11.0 Å². The van der Waals surface area contributed by atoms with Crippen LogP contribution >= 0.6 is 0 Å². The number of fused-ring (bicyclic) bond motifs is 1. The molecule has 9 heteroatoms. The van der Waals surface area contributed by atoms with E-state index in [0.717, 1.165) is 16.9 Å². The normalized spacial score (nSPS) is 18.9. The van der Waals surface area contributed by atoms with Crippen LogP contribution in [0, 0.1) is 10.1 Å². The summed E-state index contributed by atoms with van der Waals surface area (Å²) in [6.07, 6.45) is 3.82. The van der Waals surface area contributed by atoms with E-state index in [1.807, 2.05) is 41.0 Å². The van der Waals surface area contributed by atoms with Gasteiger partial charge in [-0.05, 0) is 24.3 Å². The Labute approximate surface area is 146 Å². The van der Waals surface area contributed by atoms with Gasteiger partial charge >= 0.3 is 0 Å². The van der Waals surface area contributed by atoms with Crippen molar-refractivity contribution in [3.63, 3.8) is 0 Å². The lowest BCUT2D eigenvalue weighted by Gasteiger charge is -2.03. The minimum atomic E-state index is -0.613. The molecule has 4 aromatic rings. The van der Waals surface area contributed by atoms with Crippen LogP contribution in [-0.4, -0.2) is 35.6 Å². The molecule has 0 bridgehead atoms. The zero-order chi connectivity index (χ0) is 17.7. The molecule has 0 unspecified atom stereocenters. The highest BCUT2D eigenvalue weighted by Crippen LogP contribution is 2.42. The Balaban J connectivity index is 1.42. The molecule has 0 saturated heterocycles. The van der Waals surface area contributed by atoms with Crippen molar-refractivity contribution in [3.8, 4) is 17.2 Å². The zero-order valence-electron chi connectivity index (χ0n) is 13.4. The molecule has 1 aliphatic carbocycles. The molecule has 0 spiro atoms. The monoisotopic (exact) mass is 348 g/mol. The van der Waals surface area contributed by atoms with Crippen LogP contribution in [0.15, 0.2) is 53.4 Å². The minimum absolute atomic E-state index is 0.282. The first-order valence-corrected chi connectivity index (χ1v) is 8.07. The number of hydrogen-bond donors (Lipinski definition) is 0. The van der Waals surface area contributed by atoms with Crippen LogP contribution < -0.4 is 0 Å². The maximum atomic E-state index is 10.8. The molecule has 1 aliphatic rings. The van der Waals surface area contributed by atoms with E-state index in [4.69, 9.17) is 4.52 Å². The fourth-order valence-corrected chi connectivity index (χ4v) is 2.99. The summed E-state index contributed by atoms with van der Waals surface area (Å²) >= 11 is 0. The largest absolute Gasteiger partial charge is 0.338 e. The first kappa shape index (κ1) is 14.7.